The lowest BCUT2D eigenvalue weighted by molar-refractivity contribution is -0.142. The van der Waals surface area contributed by atoms with Gasteiger partial charge in [-0.15, -0.1) is 0 Å². The predicted octanol–water partition coefficient (Wildman–Crippen LogP) is 4.07. The molecule has 0 fully saturated rings. The van der Waals surface area contributed by atoms with Gasteiger partial charge in [-0.3, -0.25) is 9.36 Å². The van der Waals surface area contributed by atoms with Crippen molar-refractivity contribution >= 4 is 22.6 Å². The number of carboxylic acid groups (broad SMARTS) is 1. The average molecular weight is 474 g/mol. The summed E-state index contributed by atoms with van der Waals surface area (Å²) in [5.74, 6) is -3.34. The van der Waals surface area contributed by atoms with E-state index in [0.717, 1.165) is 34.9 Å². The van der Waals surface area contributed by atoms with Crippen molar-refractivity contribution in [2.75, 3.05) is 5.73 Å². The summed E-state index contributed by atoms with van der Waals surface area (Å²) in [4.78, 5) is 31.0. The minimum Gasteiger partial charge on any atom is -0.477 e. The van der Waals surface area contributed by atoms with E-state index < -0.39 is 40.7 Å². The number of ether oxygens (including phenoxy) is 1. The summed E-state index contributed by atoms with van der Waals surface area (Å²) in [6.45, 7) is -0.304. The molecule has 174 valence electrons. The number of anilines is 1. The number of nitrogen functional groups attached to an aromatic ring is 1. The van der Waals surface area contributed by atoms with E-state index in [4.69, 9.17) is 15.6 Å². The van der Waals surface area contributed by atoms with Crippen LogP contribution in [0.25, 0.3) is 10.9 Å². The van der Waals surface area contributed by atoms with Crippen molar-refractivity contribution in [1.29, 1.82) is 0 Å². The highest BCUT2D eigenvalue weighted by molar-refractivity contribution is 5.89. The van der Waals surface area contributed by atoms with Gasteiger partial charge in [-0.25, -0.2) is 19.2 Å². The first-order chi connectivity index (χ1) is 16.0. The number of pyridine rings is 1. The lowest BCUT2D eigenvalue weighted by Gasteiger charge is -2.14. The summed E-state index contributed by atoms with van der Waals surface area (Å²) in [5, 5.41) is 9.07. The molecule has 4 aromatic rings. The van der Waals surface area contributed by atoms with Crippen LogP contribution in [0, 0.1) is 5.82 Å². The van der Waals surface area contributed by atoms with E-state index in [2.05, 4.69) is 9.97 Å². The Bertz CT molecular complexity index is 1480. The van der Waals surface area contributed by atoms with Gasteiger partial charge >= 0.3 is 12.1 Å². The van der Waals surface area contributed by atoms with Gasteiger partial charge in [0.1, 0.15) is 17.3 Å². The zero-order valence-corrected chi connectivity index (χ0v) is 17.0. The topological polar surface area (TPSA) is 120 Å². The Balaban J connectivity index is 1.70. The van der Waals surface area contributed by atoms with E-state index in [1.165, 1.54) is 12.4 Å². The Labute approximate surface area is 187 Å². The second-order valence-corrected chi connectivity index (χ2v) is 7.12. The molecule has 2 heterocycles. The van der Waals surface area contributed by atoms with Crippen LogP contribution >= 0.6 is 0 Å². The number of aromatic carboxylic acids is 1. The van der Waals surface area contributed by atoms with Crippen LogP contribution in [-0.4, -0.2) is 25.6 Å². The van der Waals surface area contributed by atoms with Crippen LogP contribution in [-0.2, 0) is 12.7 Å². The maximum absolute atomic E-state index is 14.5. The molecule has 12 heteroatoms. The fourth-order valence-corrected chi connectivity index (χ4v) is 3.24. The molecule has 0 saturated heterocycles. The van der Waals surface area contributed by atoms with Crippen LogP contribution in [0.2, 0.25) is 0 Å². The lowest BCUT2D eigenvalue weighted by Crippen LogP contribution is -2.22. The molecule has 0 radical (unpaired) electrons. The maximum Gasteiger partial charge on any atom is 0.437 e. The quantitative estimate of drug-likeness (QED) is 0.330. The average Bonchev–Trinajstić information content (AvgIpc) is 2.77. The third kappa shape index (κ3) is 4.37. The minimum atomic E-state index is -5.01. The summed E-state index contributed by atoms with van der Waals surface area (Å²) >= 11 is 0. The summed E-state index contributed by atoms with van der Waals surface area (Å²) in [6.07, 6.45) is -3.80. The van der Waals surface area contributed by atoms with Gasteiger partial charge in [0.05, 0.1) is 23.8 Å². The maximum atomic E-state index is 14.5. The van der Waals surface area contributed by atoms with Crippen LogP contribution < -0.4 is 16.0 Å². The molecule has 0 saturated carbocycles. The molecule has 0 bridgehead atoms. The van der Waals surface area contributed by atoms with Crippen molar-refractivity contribution in [2.45, 2.75) is 12.7 Å². The van der Waals surface area contributed by atoms with Crippen molar-refractivity contribution in [3.05, 3.63) is 88.0 Å². The standard InChI is InChI=1S/C22H14F4N4O4/c23-13-5-4-12(34-17-7-6-16(21(32)33)29-19(17)22(24,25)26)8-11(13)9-30-10-28-15-3-1-2-14(27)18(15)20(30)31/h1-8,10H,9,27H2,(H,32,33). The third-order valence-electron chi connectivity index (χ3n) is 4.82. The SMILES string of the molecule is Nc1cccc2ncn(Cc3cc(Oc4ccc(C(=O)O)nc4C(F)(F)F)ccc3F)c(=O)c12. The number of nitrogens with two attached hydrogens (primary N) is 1. The highest BCUT2D eigenvalue weighted by atomic mass is 19.4. The number of aromatic nitrogens is 3. The summed E-state index contributed by atoms with van der Waals surface area (Å²) < 4.78 is 61.0. The zero-order chi connectivity index (χ0) is 24.6. The number of nitrogens with zero attached hydrogens (tertiary/aromatic N) is 3. The zero-order valence-electron chi connectivity index (χ0n) is 17.0. The molecular formula is C22H14F4N4O4. The molecule has 4 rings (SSSR count). The van der Waals surface area contributed by atoms with Crippen LogP contribution in [0.1, 0.15) is 21.7 Å². The number of alkyl halides is 3. The van der Waals surface area contributed by atoms with E-state index in [1.54, 1.807) is 12.1 Å². The van der Waals surface area contributed by atoms with Crippen molar-refractivity contribution in [2.24, 2.45) is 0 Å². The molecule has 0 amide bonds. The highest BCUT2D eigenvalue weighted by Gasteiger charge is 2.37. The molecule has 0 unspecified atom stereocenters. The molecule has 2 aromatic heterocycles. The Morgan fingerprint density at radius 2 is 1.91 bits per heavy atom. The molecular weight excluding hydrogens is 460 g/mol. The second kappa shape index (κ2) is 8.46. The monoisotopic (exact) mass is 474 g/mol. The van der Waals surface area contributed by atoms with Crippen LogP contribution in [0.4, 0.5) is 23.2 Å². The van der Waals surface area contributed by atoms with Crippen LogP contribution in [0.15, 0.2) is 59.7 Å². The van der Waals surface area contributed by atoms with Crippen LogP contribution in [0.3, 0.4) is 0 Å². The number of hydrogen-bond donors (Lipinski definition) is 2. The molecule has 0 aliphatic rings. The number of benzene rings is 2. The number of halogens is 4. The summed E-state index contributed by atoms with van der Waals surface area (Å²) in [7, 11) is 0. The molecule has 34 heavy (non-hydrogen) atoms. The number of fused-ring (bicyclic) bond motifs is 1. The van der Waals surface area contributed by atoms with E-state index in [-0.39, 0.29) is 28.9 Å². The molecule has 0 spiro atoms. The Hall–Kier alpha value is -4.48. The fraction of sp³-hybridized carbons (Fsp3) is 0.0909. The first-order valence-electron chi connectivity index (χ1n) is 9.56. The van der Waals surface area contributed by atoms with Gasteiger partial charge in [-0.05, 0) is 42.5 Å². The van der Waals surface area contributed by atoms with Gasteiger partial charge < -0.3 is 15.6 Å². The number of rotatable bonds is 5. The van der Waals surface area contributed by atoms with Crippen LogP contribution in [0.5, 0.6) is 11.5 Å². The second-order valence-electron chi connectivity index (χ2n) is 7.12. The molecule has 0 aliphatic carbocycles. The smallest absolute Gasteiger partial charge is 0.437 e. The molecule has 2 aromatic carbocycles. The van der Waals surface area contributed by atoms with Gasteiger partial charge in [-0.1, -0.05) is 6.07 Å². The van der Waals surface area contributed by atoms with Crippen molar-refractivity contribution in [1.82, 2.24) is 14.5 Å². The van der Waals surface area contributed by atoms with Crippen molar-refractivity contribution in [3.63, 3.8) is 0 Å². The first-order valence-corrected chi connectivity index (χ1v) is 9.56. The van der Waals surface area contributed by atoms with E-state index in [0.29, 0.717) is 5.52 Å². The molecule has 0 aliphatic heterocycles. The van der Waals surface area contributed by atoms with Gasteiger partial charge in [0, 0.05) is 11.3 Å². The van der Waals surface area contributed by atoms with Gasteiger partial charge in [0.25, 0.3) is 5.56 Å². The third-order valence-corrected chi connectivity index (χ3v) is 4.82. The van der Waals surface area contributed by atoms with Crippen molar-refractivity contribution in [3.8, 4) is 11.5 Å². The largest absolute Gasteiger partial charge is 0.477 e. The lowest BCUT2D eigenvalue weighted by atomic mass is 10.1. The van der Waals surface area contributed by atoms with E-state index in [1.807, 2.05) is 0 Å². The Morgan fingerprint density at radius 3 is 2.62 bits per heavy atom. The predicted molar refractivity (Wildman–Crippen MR) is 112 cm³/mol. The highest BCUT2D eigenvalue weighted by Crippen LogP contribution is 2.37. The normalized spacial score (nSPS) is 11.5. The number of carbonyl (C=O) groups is 1. The first kappa shape index (κ1) is 22.7. The van der Waals surface area contributed by atoms with Gasteiger partial charge in [0.15, 0.2) is 11.4 Å². The van der Waals surface area contributed by atoms with Crippen molar-refractivity contribution < 1.29 is 32.2 Å². The molecule has 0 atom stereocenters. The molecule has 8 nitrogen and oxygen atoms in total. The summed E-state index contributed by atoms with van der Waals surface area (Å²) in [6, 6.07) is 9.56. The van der Waals surface area contributed by atoms with E-state index in [9.17, 15) is 27.2 Å². The van der Waals surface area contributed by atoms with E-state index >= 15 is 0 Å². The van der Waals surface area contributed by atoms with Gasteiger partial charge in [-0.2, -0.15) is 13.2 Å². The summed E-state index contributed by atoms with van der Waals surface area (Å²) in [5.41, 5.74) is 3.44. The fourth-order valence-electron chi connectivity index (χ4n) is 3.24. The Morgan fingerprint density at radius 1 is 1.15 bits per heavy atom. The minimum absolute atomic E-state index is 0.0704. The number of hydrogen-bond acceptors (Lipinski definition) is 6. The van der Waals surface area contributed by atoms with Gasteiger partial charge in [0.2, 0.25) is 0 Å². The number of carboxylic acids is 1. The Kier molecular flexibility index (Phi) is 5.65. The molecule has 3 N–H and O–H groups in total.